The molecule has 1 aromatic rings. The fourth-order valence-electron chi connectivity index (χ4n) is 1.50. The molecular formula is C13H15N3O2. The lowest BCUT2D eigenvalue weighted by Crippen LogP contribution is -2.26. The first-order valence-corrected chi connectivity index (χ1v) is 5.66. The Kier molecular flexibility index (Phi) is 5.48. The Morgan fingerprint density at radius 2 is 2.06 bits per heavy atom. The first kappa shape index (κ1) is 13.8. The summed E-state index contributed by atoms with van der Waals surface area (Å²) in [4.78, 5) is 19.6. The van der Waals surface area contributed by atoms with Crippen LogP contribution in [0.1, 0.15) is 25.3 Å². The van der Waals surface area contributed by atoms with E-state index in [1.54, 1.807) is 24.3 Å². The molecule has 0 N–H and O–H groups in total. The molecule has 0 fully saturated rings. The fraction of sp³-hybridized carbons (Fsp3) is 0.308. The van der Waals surface area contributed by atoms with Gasteiger partial charge in [-0.1, -0.05) is 42.4 Å². The van der Waals surface area contributed by atoms with Crippen molar-refractivity contribution < 1.29 is 14.4 Å². The molecule has 0 radical (unpaired) electrons. The summed E-state index contributed by atoms with van der Waals surface area (Å²) in [6, 6.07) is 8.99. The molecule has 0 saturated heterocycles. The molecule has 18 heavy (non-hydrogen) atoms. The van der Waals surface area contributed by atoms with Crippen LogP contribution in [0.4, 0.5) is 0 Å². The minimum atomic E-state index is -0.264. The Hall–Kier alpha value is -2.26. The molecule has 0 aliphatic rings. The normalized spacial score (nSPS) is 10.7. The lowest BCUT2D eigenvalue weighted by atomic mass is 10.0. The van der Waals surface area contributed by atoms with Crippen molar-refractivity contribution in [3.8, 4) is 0 Å². The summed E-state index contributed by atoms with van der Waals surface area (Å²) < 4.78 is 0. The number of carbonyl (C=O) groups is 1. The summed E-state index contributed by atoms with van der Waals surface area (Å²) in [5.41, 5.74) is 9.83. The minimum absolute atomic E-state index is 0.0788. The van der Waals surface area contributed by atoms with Gasteiger partial charge in [0.15, 0.2) is 0 Å². The number of Topliss-reactive ketones (excluding diaryl/α,β-unsaturated/α-hetero) is 1. The molecule has 0 aliphatic carbocycles. The Labute approximate surface area is 106 Å². The summed E-state index contributed by atoms with van der Waals surface area (Å²) >= 11 is 0. The molecule has 0 amide bonds. The van der Waals surface area contributed by atoms with Crippen LogP contribution in [0.15, 0.2) is 35.5 Å². The third-order valence-electron chi connectivity index (χ3n) is 2.30. The van der Waals surface area contributed by atoms with Crippen molar-refractivity contribution >= 4 is 17.2 Å². The van der Waals surface area contributed by atoms with E-state index in [0.29, 0.717) is 18.4 Å². The number of benzene rings is 1. The summed E-state index contributed by atoms with van der Waals surface area (Å²) in [5, 5.41) is 3.77. The van der Waals surface area contributed by atoms with Gasteiger partial charge in [-0.3, -0.25) is 4.79 Å². The van der Waals surface area contributed by atoms with Gasteiger partial charge in [0.25, 0.3) is 0 Å². The van der Waals surface area contributed by atoms with Crippen LogP contribution >= 0.6 is 0 Å². The zero-order chi connectivity index (χ0) is 13.4. The van der Waals surface area contributed by atoms with Crippen molar-refractivity contribution in [3.05, 3.63) is 41.4 Å². The molecular weight excluding hydrogens is 230 g/mol. The van der Waals surface area contributed by atoms with Gasteiger partial charge in [0.2, 0.25) is 11.5 Å². The molecule has 0 unspecified atom stereocenters. The molecule has 0 bridgehead atoms. The summed E-state index contributed by atoms with van der Waals surface area (Å²) in [6.45, 7) is 1.88. The van der Waals surface area contributed by atoms with Crippen LogP contribution in [-0.4, -0.2) is 29.1 Å². The Balaban J connectivity index is 3.18. The molecule has 0 heterocycles. The average molecular weight is 245 g/mol. The summed E-state index contributed by atoms with van der Waals surface area (Å²) in [6.07, 6.45) is 0.974. The number of nitrogens with zero attached hydrogens (tertiary/aromatic N) is 3. The van der Waals surface area contributed by atoms with E-state index < -0.39 is 0 Å². The zero-order valence-electron chi connectivity index (χ0n) is 10.5. The molecule has 5 heteroatoms. The maximum atomic E-state index is 11.8. The van der Waals surface area contributed by atoms with E-state index in [0.717, 1.165) is 0 Å². The smallest absolute Gasteiger partial charge is 0.387 e. The number of oxime groups is 1. The fourth-order valence-corrected chi connectivity index (χ4v) is 1.50. The van der Waals surface area contributed by atoms with Crippen molar-refractivity contribution in [2.75, 3.05) is 7.11 Å². The maximum Gasteiger partial charge on any atom is 0.387 e. The van der Waals surface area contributed by atoms with Crippen molar-refractivity contribution in [1.82, 2.24) is 0 Å². The quantitative estimate of drug-likeness (QED) is 0.333. The van der Waals surface area contributed by atoms with E-state index in [-0.39, 0.29) is 17.2 Å². The van der Waals surface area contributed by atoms with Crippen LogP contribution in [0.25, 0.3) is 5.53 Å². The maximum absolute atomic E-state index is 11.8. The number of ketones is 1. The summed E-state index contributed by atoms with van der Waals surface area (Å²) in [5.74, 6) is -0.264. The highest BCUT2D eigenvalue weighted by Gasteiger charge is 2.28. The number of rotatable bonds is 6. The van der Waals surface area contributed by atoms with Crippen LogP contribution in [0.5, 0.6) is 0 Å². The lowest BCUT2D eigenvalue weighted by Gasteiger charge is -2.00. The Bertz CT molecular complexity index is 488. The standard InChI is InChI=1S/C13H15N3O2/c1-3-7-11(17)13(15-14)12(16-18-2)10-8-5-4-6-9-10/h4-6,8-9H,3,7H2,1-2H3. The number of carbonyl (C=O) groups excluding carboxylic acids is 1. The van der Waals surface area contributed by atoms with Crippen molar-refractivity contribution in [3.63, 3.8) is 0 Å². The van der Waals surface area contributed by atoms with Gasteiger partial charge >= 0.3 is 5.71 Å². The highest BCUT2D eigenvalue weighted by Crippen LogP contribution is 2.05. The summed E-state index contributed by atoms with van der Waals surface area (Å²) in [7, 11) is 1.38. The van der Waals surface area contributed by atoms with Crippen molar-refractivity contribution in [2.24, 2.45) is 5.16 Å². The highest BCUT2D eigenvalue weighted by atomic mass is 16.6. The molecule has 0 aliphatic heterocycles. The van der Waals surface area contributed by atoms with E-state index in [1.165, 1.54) is 7.11 Å². The first-order valence-electron chi connectivity index (χ1n) is 5.66. The molecule has 94 valence electrons. The van der Waals surface area contributed by atoms with E-state index in [1.807, 2.05) is 13.0 Å². The lowest BCUT2D eigenvalue weighted by molar-refractivity contribution is -0.116. The van der Waals surface area contributed by atoms with Crippen molar-refractivity contribution in [2.45, 2.75) is 19.8 Å². The van der Waals surface area contributed by atoms with E-state index in [4.69, 9.17) is 10.4 Å². The van der Waals surface area contributed by atoms with E-state index in [9.17, 15) is 4.79 Å². The molecule has 0 atom stereocenters. The Morgan fingerprint density at radius 3 is 2.56 bits per heavy atom. The molecule has 5 nitrogen and oxygen atoms in total. The van der Waals surface area contributed by atoms with E-state index >= 15 is 0 Å². The zero-order valence-corrected chi connectivity index (χ0v) is 10.5. The topological polar surface area (TPSA) is 75.1 Å². The molecule has 0 aromatic heterocycles. The van der Waals surface area contributed by atoms with Gasteiger partial charge in [-0.05, 0) is 6.42 Å². The molecule has 0 saturated carbocycles. The van der Waals surface area contributed by atoms with Gasteiger partial charge in [-0.25, -0.2) is 0 Å². The largest absolute Gasteiger partial charge is 0.398 e. The third kappa shape index (κ3) is 3.37. The predicted molar refractivity (Wildman–Crippen MR) is 68.5 cm³/mol. The number of hydrogen-bond acceptors (Lipinski definition) is 3. The van der Waals surface area contributed by atoms with Gasteiger partial charge in [-0.15, -0.1) is 0 Å². The molecule has 1 rings (SSSR count). The average Bonchev–Trinajstić information content (AvgIpc) is 2.40. The van der Waals surface area contributed by atoms with Crippen molar-refractivity contribution in [1.29, 1.82) is 0 Å². The van der Waals surface area contributed by atoms with Gasteiger partial charge in [0.1, 0.15) is 7.11 Å². The van der Waals surface area contributed by atoms with Gasteiger partial charge in [0.05, 0.1) is 0 Å². The van der Waals surface area contributed by atoms with Crippen LogP contribution in [0.3, 0.4) is 0 Å². The van der Waals surface area contributed by atoms with E-state index in [2.05, 4.69) is 9.95 Å². The first-order chi connectivity index (χ1) is 8.74. The van der Waals surface area contributed by atoms with Crippen LogP contribution < -0.4 is 0 Å². The molecule has 1 aromatic carbocycles. The van der Waals surface area contributed by atoms with Crippen LogP contribution in [0.2, 0.25) is 0 Å². The van der Waals surface area contributed by atoms with Gasteiger partial charge in [0, 0.05) is 12.0 Å². The van der Waals surface area contributed by atoms with Crippen LogP contribution in [-0.2, 0) is 9.63 Å². The second-order valence-electron chi connectivity index (χ2n) is 3.61. The molecule has 0 spiro atoms. The monoisotopic (exact) mass is 245 g/mol. The highest BCUT2D eigenvalue weighted by molar-refractivity contribution is 6.68. The Morgan fingerprint density at radius 1 is 1.39 bits per heavy atom. The second-order valence-corrected chi connectivity index (χ2v) is 3.61. The second kappa shape index (κ2) is 7.14. The van der Waals surface area contributed by atoms with Gasteiger partial charge in [-0.2, -0.15) is 4.79 Å². The minimum Gasteiger partial charge on any atom is -0.398 e. The van der Waals surface area contributed by atoms with Crippen LogP contribution in [0, 0.1) is 0 Å². The predicted octanol–water partition coefficient (Wildman–Crippen LogP) is 2.08. The van der Waals surface area contributed by atoms with Gasteiger partial charge < -0.3 is 10.4 Å². The SMILES string of the molecule is CCCC(=O)C(=[N+]=[N-])C(=NOC)c1ccccc1. The third-order valence-corrected chi connectivity index (χ3v) is 2.30. The number of hydrogen-bond donors (Lipinski definition) is 0.